The SMILES string of the molecule is COc1cccc(CCCN=C(N)NC2CCCCC2)c1. The minimum atomic E-state index is 0.529. The fourth-order valence-electron chi connectivity index (χ4n) is 2.81. The lowest BCUT2D eigenvalue weighted by molar-refractivity contribution is 0.412. The molecule has 0 aliphatic heterocycles. The second-order valence-corrected chi connectivity index (χ2v) is 5.70. The largest absolute Gasteiger partial charge is 0.497 e. The molecule has 0 amide bonds. The summed E-state index contributed by atoms with van der Waals surface area (Å²) < 4.78 is 5.23. The van der Waals surface area contributed by atoms with Gasteiger partial charge in [-0.3, -0.25) is 4.99 Å². The molecule has 1 aliphatic carbocycles. The zero-order valence-corrected chi connectivity index (χ0v) is 13.0. The first-order chi connectivity index (χ1) is 10.3. The Morgan fingerprint density at radius 1 is 1.33 bits per heavy atom. The zero-order valence-electron chi connectivity index (χ0n) is 13.0. The van der Waals surface area contributed by atoms with E-state index in [4.69, 9.17) is 10.5 Å². The second-order valence-electron chi connectivity index (χ2n) is 5.70. The summed E-state index contributed by atoms with van der Waals surface area (Å²) in [6.07, 6.45) is 8.41. The van der Waals surface area contributed by atoms with Crippen LogP contribution in [0.4, 0.5) is 0 Å². The Hall–Kier alpha value is -1.71. The number of benzene rings is 1. The van der Waals surface area contributed by atoms with Crippen LogP contribution in [0.3, 0.4) is 0 Å². The molecule has 0 unspecified atom stereocenters. The van der Waals surface area contributed by atoms with Crippen LogP contribution in [0.15, 0.2) is 29.3 Å². The molecule has 3 N–H and O–H groups in total. The lowest BCUT2D eigenvalue weighted by Crippen LogP contribution is -2.41. The third-order valence-electron chi connectivity index (χ3n) is 4.00. The van der Waals surface area contributed by atoms with Crippen molar-refractivity contribution in [3.05, 3.63) is 29.8 Å². The van der Waals surface area contributed by atoms with E-state index in [0.717, 1.165) is 25.1 Å². The number of rotatable bonds is 6. The summed E-state index contributed by atoms with van der Waals surface area (Å²) in [7, 11) is 1.70. The van der Waals surface area contributed by atoms with E-state index in [1.807, 2.05) is 12.1 Å². The number of aryl methyl sites for hydroxylation is 1. The molecule has 0 atom stereocenters. The van der Waals surface area contributed by atoms with Gasteiger partial charge in [0.05, 0.1) is 7.11 Å². The van der Waals surface area contributed by atoms with Gasteiger partial charge in [0.2, 0.25) is 0 Å². The van der Waals surface area contributed by atoms with Crippen LogP contribution in [-0.2, 0) is 6.42 Å². The van der Waals surface area contributed by atoms with E-state index < -0.39 is 0 Å². The van der Waals surface area contributed by atoms with Crippen molar-refractivity contribution in [2.45, 2.75) is 51.0 Å². The molecule has 0 bridgehead atoms. The summed E-state index contributed by atoms with van der Waals surface area (Å²) in [6.45, 7) is 0.767. The predicted octanol–water partition coefficient (Wildman–Crippen LogP) is 2.86. The second kappa shape index (κ2) is 8.55. The van der Waals surface area contributed by atoms with Crippen molar-refractivity contribution in [2.24, 2.45) is 10.7 Å². The summed E-state index contributed by atoms with van der Waals surface area (Å²) in [5.41, 5.74) is 7.23. The van der Waals surface area contributed by atoms with E-state index in [9.17, 15) is 0 Å². The molecule has 4 heteroatoms. The molecule has 1 aliphatic rings. The molecule has 0 spiro atoms. The van der Waals surface area contributed by atoms with E-state index in [1.54, 1.807) is 7.11 Å². The van der Waals surface area contributed by atoms with Gasteiger partial charge in [-0.05, 0) is 43.4 Å². The lowest BCUT2D eigenvalue weighted by Gasteiger charge is -2.23. The number of nitrogens with two attached hydrogens (primary N) is 1. The molecule has 1 aromatic carbocycles. The standard InChI is InChI=1S/C17H27N3O/c1-21-16-11-5-7-14(13-16)8-6-12-19-17(18)20-15-9-3-2-4-10-15/h5,7,11,13,15H,2-4,6,8-10,12H2,1H3,(H3,18,19,20). The summed E-state index contributed by atoms with van der Waals surface area (Å²) in [4.78, 5) is 4.43. The van der Waals surface area contributed by atoms with Crippen LogP contribution in [0.25, 0.3) is 0 Å². The molecule has 21 heavy (non-hydrogen) atoms. The zero-order chi connectivity index (χ0) is 14.9. The fraction of sp³-hybridized carbons (Fsp3) is 0.588. The molecular formula is C17H27N3O. The number of hydrogen-bond donors (Lipinski definition) is 2. The highest BCUT2D eigenvalue weighted by atomic mass is 16.5. The van der Waals surface area contributed by atoms with Crippen LogP contribution < -0.4 is 15.8 Å². The quantitative estimate of drug-likeness (QED) is 0.481. The van der Waals surface area contributed by atoms with Crippen molar-refractivity contribution >= 4 is 5.96 Å². The van der Waals surface area contributed by atoms with Crippen LogP contribution in [-0.4, -0.2) is 25.7 Å². The first kappa shape index (κ1) is 15.7. The smallest absolute Gasteiger partial charge is 0.188 e. The van der Waals surface area contributed by atoms with Gasteiger partial charge in [0, 0.05) is 12.6 Å². The molecule has 0 saturated heterocycles. The highest BCUT2D eigenvalue weighted by Crippen LogP contribution is 2.17. The number of aliphatic imine (C=N–C) groups is 1. The van der Waals surface area contributed by atoms with Gasteiger partial charge in [-0.15, -0.1) is 0 Å². The Labute approximate surface area is 127 Å². The molecule has 1 aromatic rings. The van der Waals surface area contributed by atoms with Gasteiger partial charge < -0.3 is 15.8 Å². The first-order valence-corrected chi connectivity index (χ1v) is 7.97. The molecule has 116 valence electrons. The van der Waals surface area contributed by atoms with Crippen LogP contribution >= 0.6 is 0 Å². The fourth-order valence-corrected chi connectivity index (χ4v) is 2.81. The normalized spacial score (nSPS) is 16.7. The average molecular weight is 289 g/mol. The van der Waals surface area contributed by atoms with Gasteiger partial charge in [-0.2, -0.15) is 0 Å². The molecule has 2 rings (SSSR count). The first-order valence-electron chi connectivity index (χ1n) is 7.97. The van der Waals surface area contributed by atoms with E-state index in [0.29, 0.717) is 12.0 Å². The number of guanidine groups is 1. The van der Waals surface area contributed by atoms with Gasteiger partial charge in [-0.25, -0.2) is 0 Å². The van der Waals surface area contributed by atoms with E-state index in [-0.39, 0.29) is 0 Å². The lowest BCUT2D eigenvalue weighted by atomic mass is 9.96. The van der Waals surface area contributed by atoms with Gasteiger partial charge in [0.1, 0.15) is 5.75 Å². The molecule has 0 aromatic heterocycles. The van der Waals surface area contributed by atoms with Gasteiger partial charge in [-0.1, -0.05) is 31.4 Å². The number of ether oxygens (including phenoxy) is 1. The third-order valence-corrected chi connectivity index (χ3v) is 4.00. The predicted molar refractivity (Wildman–Crippen MR) is 87.8 cm³/mol. The summed E-state index contributed by atoms with van der Waals surface area (Å²) in [5, 5.41) is 3.34. The summed E-state index contributed by atoms with van der Waals surface area (Å²) >= 11 is 0. The topological polar surface area (TPSA) is 59.6 Å². The van der Waals surface area contributed by atoms with E-state index in [2.05, 4.69) is 22.4 Å². The van der Waals surface area contributed by atoms with Crippen LogP contribution in [0.1, 0.15) is 44.1 Å². The molecule has 0 radical (unpaired) electrons. The van der Waals surface area contributed by atoms with Crippen molar-refractivity contribution in [1.29, 1.82) is 0 Å². The average Bonchev–Trinajstić information content (AvgIpc) is 2.53. The Balaban J connectivity index is 1.68. The van der Waals surface area contributed by atoms with Crippen molar-refractivity contribution < 1.29 is 4.74 Å². The Morgan fingerprint density at radius 2 is 2.14 bits per heavy atom. The van der Waals surface area contributed by atoms with Gasteiger partial charge >= 0.3 is 0 Å². The Bertz CT molecular complexity index is 453. The molecule has 1 saturated carbocycles. The van der Waals surface area contributed by atoms with Crippen molar-refractivity contribution in [3.8, 4) is 5.75 Å². The van der Waals surface area contributed by atoms with E-state index in [1.165, 1.54) is 37.7 Å². The van der Waals surface area contributed by atoms with Crippen molar-refractivity contribution in [2.75, 3.05) is 13.7 Å². The number of nitrogens with one attached hydrogen (secondary N) is 1. The van der Waals surface area contributed by atoms with Gasteiger partial charge in [0.15, 0.2) is 5.96 Å². The highest BCUT2D eigenvalue weighted by Gasteiger charge is 2.12. The monoisotopic (exact) mass is 289 g/mol. The van der Waals surface area contributed by atoms with Crippen LogP contribution in [0, 0.1) is 0 Å². The van der Waals surface area contributed by atoms with Crippen LogP contribution in [0.5, 0.6) is 5.75 Å². The molecule has 4 nitrogen and oxygen atoms in total. The Morgan fingerprint density at radius 3 is 2.90 bits per heavy atom. The maximum atomic E-state index is 5.95. The minimum Gasteiger partial charge on any atom is -0.497 e. The number of nitrogens with zero attached hydrogens (tertiary/aromatic N) is 1. The minimum absolute atomic E-state index is 0.529. The van der Waals surface area contributed by atoms with Crippen molar-refractivity contribution in [3.63, 3.8) is 0 Å². The summed E-state index contributed by atoms with van der Waals surface area (Å²) in [6, 6.07) is 8.72. The summed E-state index contributed by atoms with van der Waals surface area (Å²) in [5.74, 6) is 1.52. The highest BCUT2D eigenvalue weighted by molar-refractivity contribution is 5.78. The number of methoxy groups -OCH3 is 1. The van der Waals surface area contributed by atoms with E-state index >= 15 is 0 Å². The van der Waals surface area contributed by atoms with Crippen molar-refractivity contribution in [1.82, 2.24) is 5.32 Å². The maximum Gasteiger partial charge on any atom is 0.188 e. The molecule has 0 heterocycles. The number of hydrogen-bond acceptors (Lipinski definition) is 2. The van der Waals surface area contributed by atoms with Crippen LogP contribution in [0.2, 0.25) is 0 Å². The molecular weight excluding hydrogens is 262 g/mol. The maximum absolute atomic E-state index is 5.95. The van der Waals surface area contributed by atoms with Gasteiger partial charge in [0.25, 0.3) is 0 Å². The Kier molecular flexibility index (Phi) is 6.38. The third kappa shape index (κ3) is 5.66. The molecule has 1 fully saturated rings.